The zero-order valence-electron chi connectivity index (χ0n) is 18.5. The van der Waals surface area contributed by atoms with Crippen LogP contribution in [0.3, 0.4) is 0 Å². The van der Waals surface area contributed by atoms with Crippen molar-refractivity contribution >= 4 is 46.4 Å². The van der Waals surface area contributed by atoms with Crippen molar-refractivity contribution in [3.63, 3.8) is 0 Å². The number of nitrogens with one attached hydrogen (secondary N) is 1. The molecule has 0 aromatic heterocycles. The maximum atomic E-state index is 14.0. The van der Waals surface area contributed by atoms with Crippen molar-refractivity contribution in [1.29, 1.82) is 0 Å². The van der Waals surface area contributed by atoms with Crippen LogP contribution in [-0.4, -0.2) is 40.1 Å². The molecule has 3 saturated heterocycles. The van der Waals surface area contributed by atoms with Gasteiger partial charge in [0.1, 0.15) is 10.6 Å². The number of nitro groups is 1. The van der Waals surface area contributed by atoms with Crippen LogP contribution in [0.4, 0.5) is 17.1 Å². The maximum absolute atomic E-state index is 14.0. The molecule has 10 heteroatoms. The third-order valence-electron chi connectivity index (χ3n) is 8.08. The van der Waals surface area contributed by atoms with Crippen molar-refractivity contribution < 1.29 is 19.3 Å². The number of fused-ring (bicyclic) bond motifs is 7. The van der Waals surface area contributed by atoms with Crippen molar-refractivity contribution in [2.75, 3.05) is 16.8 Å². The number of rotatable bonds is 2. The van der Waals surface area contributed by atoms with Gasteiger partial charge in [0.15, 0.2) is 0 Å². The van der Waals surface area contributed by atoms with E-state index in [1.54, 1.807) is 0 Å². The zero-order chi connectivity index (χ0) is 24.1. The van der Waals surface area contributed by atoms with Crippen molar-refractivity contribution in [2.24, 2.45) is 11.8 Å². The predicted octanol–water partition coefficient (Wildman–Crippen LogP) is 3.30. The van der Waals surface area contributed by atoms with Gasteiger partial charge in [-0.3, -0.25) is 29.4 Å². The van der Waals surface area contributed by atoms with Gasteiger partial charge in [0.2, 0.25) is 17.7 Å². The first-order valence-electron chi connectivity index (χ1n) is 11.2. The Bertz CT molecular complexity index is 1340. The SMILES string of the molecule is Cc1ccc2c(c1C)NC(=O)[C@]21[C@@H]2C(=O)N(c3ccc(Cl)c([N+](=O)[O-])c3)C(=O)[C@@H]2[C@@H]2CCCN21. The maximum Gasteiger partial charge on any atom is 0.289 e. The third kappa shape index (κ3) is 2.35. The first kappa shape index (κ1) is 21.2. The summed E-state index contributed by atoms with van der Waals surface area (Å²) in [5, 5.41) is 14.3. The lowest BCUT2D eigenvalue weighted by molar-refractivity contribution is -0.384. The summed E-state index contributed by atoms with van der Waals surface area (Å²) < 4.78 is 0. The minimum Gasteiger partial charge on any atom is -0.324 e. The van der Waals surface area contributed by atoms with Crippen molar-refractivity contribution in [2.45, 2.75) is 38.3 Å². The minimum atomic E-state index is -1.28. The summed E-state index contributed by atoms with van der Waals surface area (Å²) in [5.41, 5.74) is 1.82. The highest BCUT2D eigenvalue weighted by Crippen LogP contribution is 2.61. The Morgan fingerprint density at radius 1 is 1.15 bits per heavy atom. The van der Waals surface area contributed by atoms with Crippen LogP contribution < -0.4 is 10.2 Å². The highest BCUT2D eigenvalue weighted by molar-refractivity contribution is 6.33. The number of halogens is 1. The second kappa shape index (κ2) is 6.86. The van der Waals surface area contributed by atoms with E-state index in [0.717, 1.165) is 34.1 Å². The van der Waals surface area contributed by atoms with Crippen LogP contribution in [0.2, 0.25) is 5.02 Å². The van der Waals surface area contributed by atoms with Crippen LogP contribution >= 0.6 is 11.6 Å². The van der Waals surface area contributed by atoms with Gasteiger partial charge in [-0.05, 0) is 56.5 Å². The number of nitrogens with zero attached hydrogens (tertiary/aromatic N) is 3. The molecule has 34 heavy (non-hydrogen) atoms. The van der Waals surface area contributed by atoms with Gasteiger partial charge in [0, 0.05) is 23.4 Å². The topological polar surface area (TPSA) is 113 Å². The Morgan fingerprint density at radius 2 is 1.91 bits per heavy atom. The summed E-state index contributed by atoms with van der Waals surface area (Å²) in [4.78, 5) is 55.3. The second-order valence-electron chi connectivity index (χ2n) is 9.46. The summed E-state index contributed by atoms with van der Waals surface area (Å²) in [6.45, 7) is 4.51. The smallest absolute Gasteiger partial charge is 0.289 e. The molecule has 0 bridgehead atoms. The van der Waals surface area contributed by atoms with Crippen LogP contribution in [0.25, 0.3) is 0 Å². The molecule has 0 aliphatic carbocycles. The Morgan fingerprint density at radius 3 is 2.65 bits per heavy atom. The van der Waals surface area contributed by atoms with Crippen LogP contribution in [0, 0.1) is 35.8 Å². The zero-order valence-corrected chi connectivity index (χ0v) is 19.3. The Kier molecular flexibility index (Phi) is 4.29. The fourth-order valence-corrected chi connectivity index (χ4v) is 6.74. The van der Waals surface area contributed by atoms with Gasteiger partial charge in [0.05, 0.1) is 22.4 Å². The molecule has 0 unspecified atom stereocenters. The molecule has 174 valence electrons. The van der Waals surface area contributed by atoms with Gasteiger partial charge < -0.3 is 5.32 Å². The van der Waals surface area contributed by atoms with Gasteiger partial charge >= 0.3 is 0 Å². The van der Waals surface area contributed by atoms with Gasteiger partial charge in [-0.1, -0.05) is 23.7 Å². The van der Waals surface area contributed by atoms with E-state index in [9.17, 15) is 24.5 Å². The number of benzene rings is 2. The minimum absolute atomic E-state index is 0.0820. The number of nitro benzene ring substituents is 1. The average Bonchev–Trinajstić information content (AvgIpc) is 3.50. The number of imide groups is 1. The third-order valence-corrected chi connectivity index (χ3v) is 8.40. The lowest BCUT2D eigenvalue weighted by Gasteiger charge is -2.36. The van der Waals surface area contributed by atoms with Crippen LogP contribution in [0.5, 0.6) is 0 Å². The molecule has 2 aromatic rings. The molecule has 2 aromatic carbocycles. The lowest BCUT2D eigenvalue weighted by Crippen LogP contribution is -2.54. The van der Waals surface area contributed by atoms with E-state index in [2.05, 4.69) is 10.2 Å². The largest absolute Gasteiger partial charge is 0.324 e. The molecule has 3 amide bonds. The molecule has 6 rings (SSSR count). The standard InChI is InChI=1S/C24H21ClN4O5/c1-11-5-7-14-20(12(11)2)26-23(32)24(14)19-18(16-4-3-9-27(16)24)21(30)28(22(19)31)13-6-8-15(25)17(10-13)29(33)34/h5-8,10,16,18-19H,3-4,9H2,1-2H3,(H,26,32)/t16-,18+,19-,24+/m0/s1. The molecular formula is C24H21ClN4O5. The Labute approximate surface area is 199 Å². The van der Waals surface area contributed by atoms with Crippen LogP contribution in [0.15, 0.2) is 30.3 Å². The Balaban J connectivity index is 1.54. The van der Waals surface area contributed by atoms with Gasteiger partial charge in [-0.15, -0.1) is 0 Å². The van der Waals surface area contributed by atoms with Crippen molar-refractivity contribution in [1.82, 2.24) is 4.90 Å². The van der Waals surface area contributed by atoms with Gasteiger partial charge in [-0.2, -0.15) is 0 Å². The van der Waals surface area contributed by atoms with E-state index in [1.807, 2.05) is 26.0 Å². The number of aryl methyl sites for hydroxylation is 1. The Hall–Kier alpha value is -3.30. The van der Waals surface area contributed by atoms with E-state index in [-0.39, 0.29) is 28.3 Å². The van der Waals surface area contributed by atoms with E-state index in [0.29, 0.717) is 18.7 Å². The molecular weight excluding hydrogens is 460 g/mol. The highest BCUT2D eigenvalue weighted by Gasteiger charge is 2.74. The number of amides is 3. The molecule has 1 N–H and O–H groups in total. The van der Waals surface area contributed by atoms with E-state index in [4.69, 9.17) is 11.6 Å². The molecule has 9 nitrogen and oxygen atoms in total. The van der Waals surface area contributed by atoms with Crippen molar-refractivity contribution in [3.05, 3.63) is 62.2 Å². The monoisotopic (exact) mass is 480 g/mol. The molecule has 0 saturated carbocycles. The van der Waals surface area contributed by atoms with Crippen LogP contribution in [-0.2, 0) is 19.9 Å². The van der Waals surface area contributed by atoms with E-state index < -0.39 is 34.1 Å². The normalized spacial score (nSPS) is 29.6. The van der Waals surface area contributed by atoms with E-state index in [1.165, 1.54) is 12.1 Å². The van der Waals surface area contributed by atoms with E-state index >= 15 is 0 Å². The summed E-state index contributed by atoms with van der Waals surface area (Å²) in [7, 11) is 0. The molecule has 4 aliphatic rings. The summed E-state index contributed by atoms with van der Waals surface area (Å²) in [6, 6.07) is 7.46. The number of anilines is 2. The molecule has 4 aliphatic heterocycles. The molecule has 4 heterocycles. The summed E-state index contributed by atoms with van der Waals surface area (Å²) >= 11 is 5.95. The lowest BCUT2D eigenvalue weighted by atomic mass is 9.75. The molecule has 3 fully saturated rings. The first-order valence-corrected chi connectivity index (χ1v) is 11.6. The van der Waals surface area contributed by atoms with Crippen molar-refractivity contribution in [3.8, 4) is 0 Å². The fourth-order valence-electron chi connectivity index (χ4n) is 6.55. The fraction of sp³-hybridized carbons (Fsp3) is 0.375. The van der Waals surface area contributed by atoms with Gasteiger partial charge in [0.25, 0.3) is 5.69 Å². The first-order chi connectivity index (χ1) is 16.2. The molecule has 4 atom stereocenters. The van der Waals surface area contributed by atoms with Gasteiger partial charge in [-0.25, -0.2) is 4.90 Å². The predicted molar refractivity (Wildman–Crippen MR) is 124 cm³/mol. The second-order valence-corrected chi connectivity index (χ2v) is 9.87. The average molecular weight is 481 g/mol. The molecule has 0 radical (unpaired) electrons. The molecule has 1 spiro atoms. The quantitative estimate of drug-likeness (QED) is 0.401. The number of carbonyl (C=O) groups is 3. The van der Waals surface area contributed by atoms with Crippen LogP contribution in [0.1, 0.15) is 29.5 Å². The summed E-state index contributed by atoms with van der Waals surface area (Å²) in [5.74, 6) is -2.85. The number of carbonyl (C=O) groups excluding carboxylic acids is 3. The number of hydrogen-bond donors (Lipinski definition) is 1. The highest BCUT2D eigenvalue weighted by atomic mass is 35.5. The summed E-state index contributed by atoms with van der Waals surface area (Å²) in [6.07, 6.45) is 1.51. The number of hydrogen-bond acceptors (Lipinski definition) is 6.